The second kappa shape index (κ2) is 15.3. The number of anilines is 1. The SMILES string of the molecule is COc1ccc(NC(=O)c2ccc3cc2Oc2ccc(cc2)C[C@H]2c4c(cc(CO)c(OC)c4Oc4cc5c(cc4OC)CCN(C)[C@@H]5C3)CCN2C)cc1. The van der Waals surface area contributed by atoms with Gasteiger partial charge in [-0.1, -0.05) is 18.2 Å². The van der Waals surface area contributed by atoms with Gasteiger partial charge in [0, 0.05) is 42.0 Å². The fourth-order valence-electron chi connectivity index (χ4n) is 8.27. The van der Waals surface area contributed by atoms with Crippen LogP contribution in [0, 0.1) is 0 Å². The molecule has 0 saturated carbocycles. The summed E-state index contributed by atoms with van der Waals surface area (Å²) in [5.41, 5.74) is 8.42. The van der Waals surface area contributed by atoms with E-state index >= 15 is 0 Å². The van der Waals surface area contributed by atoms with Gasteiger partial charge in [-0.2, -0.15) is 0 Å². The standard InChI is InChI=1S/C45H47N3O7/c1-47-18-16-29-24-40(52-4)41-25-36(29)37(47)21-28-8-15-35(45(50)46-32-9-13-33(51-3)14-10-32)39(22-28)54-34-11-6-27(7-12-34)20-38-42-30(17-19-48(38)2)23-31(26-49)43(53-5)44(42)55-41/h6-15,22-25,37-38,49H,16-21,26H2,1-5H3,(H,46,50)/t37-,38+/m1/s1. The molecule has 0 spiro atoms. The Morgan fingerprint density at radius 2 is 1.47 bits per heavy atom. The lowest BCUT2D eigenvalue weighted by molar-refractivity contribution is 0.102. The summed E-state index contributed by atoms with van der Waals surface area (Å²) in [5.74, 6) is 3.91. The van der Waals surface area contributed by atoms with E-state index in [-0.39, 0.29) is 24.6 Å². The molecule has 0 aliphatic carbocycles. The van der Waals surface area contributed by atoms with Crippen molar-refractivity contribution in [2.75, 3.05) is 53.8 Å². The molecule has 0 radical (unpaired) electrons. The van der Waals surface area contributed by atoms with Crippen molar-refractivity contribution in [3.63, 3.8) is 0 Å². The number of aliphatic hydroxyl groups excluding tert-OH is 1. The fourth-order valence-corrected chi connectivity index (χ4v) is 8.27. The molecule has 5 aromatic rings. The molecule has 0 fully saturated rings. The van der Waals surface area contributed by atoms with Crippen LogP contribution in [-0.2, 0) is 32.3 Å². The molecular weight excluding hydrogens is 695 g/mol. The zero-order chi connectivity index (χ0) is 38.2. The summed E-state index contributed by atoms with van der Waals surface area (Å²) >= 11 is 0. The van der Waals surface area contributed by atoms with Crippen LogP contribution in [0.4, 0.5) is 5.69 Å². The van der Waals surface area contributed by atoms with Gasteiger partial charge in [0.15, 0.2) is 23.0 Å². The highest BCUT2D eigenvalue weighted by Gasteiger charge is 2.34. The normalized spacial score (nSPS) is 17.9. The lowest BCUT2D eigenvalue weighted by atomic mass is 9.86. The van der Waals surface area contributed by atoms with Crippen LogP contribution in [0.3, 0.4) is 0 Å². The van der Waals surface area contributed by atoms with Crippen molar-refractivity contribution in [3.05, 3.63) is 129 Å². The summed E-state index contributed by atoms with van der Waals surface area (Å²) < 4.78 is 30.9. The first-order valence-electron chi connectivity index (χ1n) is 18.7. The van der Waals surface area contributed by atoms with Gasteiger partial charge in [0.25, 0.3) is 5.91 Å². The van der Waals surface area contributed by atoms with Gasteiger partial charge in [-0.25, -0.2) is 0 Å². The second-order valence-corrected chi connectivity index (χ2v) is 14.6. The predicted molar refractivity (Wildman–Crippen MR) is 211 cm³/mol. The van der Waals surface area contributed by atoms with E-state index in [9.17, 15) is 9.90 Å². The lowest BCUT2D eigenvalue weighted by Gasteiger charge is -2.37. The molecule has 4 aliphatic heterocycles. The number of amides is 1. The molecule has 4 heterocycles. The molecule has 4 aliphatic rings. The summed E-state index contributed by atoms with van der Waals surface area (Å²) in [4.78, 5) is 18.5. The van der Waals surface area contributed by atoms with E-state index in [2.05, 4.69) is 59.5 Å². The van der Waals surface area contributed by atoms with Gasteiger partial charge in [0.2, 0.25) is 0 Å². The molecule has 0 saturated heterocycles. The number of methoxy groups -OCH3 is 3. The number of fused-ring (bicyclic) bond motifs is 2. The van der Waals surface area contributed by atoms with Gasteiger partial charge in [0.1, 0.15) is 17.2 Å². The summed E-state index contributed by atoms with van der Waals surface area (Å²) in [5, 5.41) is 13.5. The van der Waals surface area contributed by atoms with E-state index in [1.165, 1.54) is 5.56 Å². The number of benzene rings is 5. The van der Waals surface area contributed by atoms with Crippen LogP contribution in [0.2, 0.25) is 0 Å². The molecule has 284 valence electrons. The third kappa shape index (κ3) is 7.09. The maximum atomic E-state index is 13.8. The number of nitrogens with zero attached hydrogens (tertiary/aromatic N) is 2. The van der Waals surface area contributed by atoms with Crippen molar-refractivity contribution in [2.24, 2.45) is 0 Å². The van der Waals surface area contributed by atoms with E-state index in [1.807, 2.05) is 54.6 Å². The van der Waals surface area contributed by atoms with Gasteiger partial charge in [-0.05, 0) is 134 Å². The highest BCUT2D eigenvalue weighted by atomic mass is 16.5. The van der Waals surface area contributed by atoms with E-state index < -0.39 is 0 Å². The first-order valence-corrected chi connectivity index (χ1v) is 18.7. The van der Waals surface area contributed by atoms with Crippen molar-refractivity contribution >= 4 is 11.6 Å². The van der Waals surface area contributed by atoms with Crippen LogP contribution in [-0.4, -0.2) is 69.3 Å². The minimum absolute atomic E-state index is 0.000433. The van der Waals surface area contributed by atoms with Crippen LogP contribution < -0.4 is 29.0 Å². The first-order chi connectivity index (χ1) is 26.8. The number of carbonyl (C=O) groups excluding carboxylic acids is 1. The molecule has 6 bridgehead atoms. The van der Waals surface area contributed by atoms with Crippen LogP contribution in [0.15, 0.2) is 84.9 Å². The molecule has 0 aromatic heterocycles. The number of nitrogens with one attached hydrogen (secondary N) is 1. The van der Waals surface area contributed by atoms with Crippen LogP contribution in [0.5, 0.6) is 40.2 Å². The van der Waals surface area contributed by atoms with Gasteiger partial charge >= 0.3 is 0 Å². The molecule has 10 nitrogen and oxygen atoms in total. The molecule has 5 aromatic carbocycles. The van der Waals surface area contributed by atoms with Crippen molar-refractivity contribution in [1.82, 2.24) is 9.80 Å². The highest BCUT2D eigenvalue weighted by Crippen LogP contribution is 2.50. The third-order valence-electron chi connectivity index (χ3n) is 11.3. The summed E-state index contributed by atoms with van der Waals surface area (Å²) in [6, 6.07) is 27.4. The fraction of sp³-hybridized carbons (Fsp3) is 0.311. The van der Waals surface area contributed by atoms with Crippen LogP contribution in [0.1, 0.15) is 61.4 Å². The number of carbonyl (C=O) groups is 1. The minimum Gasteiger partial charge on any atom is -0.497 e. The van der Waals surface area contributed by atoms with Crippen molar-refractivity contribution < 1.29 is 33.6 Å². The van der Waals surface area contributed by atoms with Gasteiger partial charge in [-0.3, -0.25) is 14.6 Å². The van der Waals surface area contributed by atoms with E-state index in [1.54, 1.807) is 21.3 Å². The van der Waals surface area contributed by atoms with E-state index in [4.69, 9.17) is 23.7 Å². The summed E-state index contributed by atoms with van der Waals surface area (Å²) in [6.45, 7) is 1.54. The molecule has 0 unspecified atom stereocenters. The number of hydrogen-bond acceptors (Lipinski definition) is 9. The maximum Gasteiger partial charge on any atom is 0.259 e. The van der Waals surface area contributed by atoms with Gasteiger partial charge < -0.3 is 34.1 Å². The molecule has 2 N–H and O–H groups in total. The topological polar surface area (TPSA) is 102 Å². The molecule has 2 atom stereocenters. The van der Waals surface area contributed by atoms with Crippen molar-refractivity contribution in [3.8, 4) is 40.2 Å². The smallest absolute Gasteiger partial charge is 0.259 e. The third-order valence-corrected chi connectivity index (χ3v) is 11.3. The van der Waals surface area contributed by atoms with Gasteiger partial charge in [-0.15, -0.1) is 0 Å². The summed E-state index contributed by atoms with van der Waals surface area (Å²) in [6.07, 6.45) is 3.03. The number of aliphatic hydroxyl groups is 1. The Kier molecular flexibility index (Phi) is 10.1. The Bertz CT molecular complexity index is 2220. The molecule has 1 amide bonds. The highest BCUT2D eigenvalue weighted by molar-refractivity contribution is 6.06. The second-order valence-electron chi connectivity index (χ2n) is 14.6. The zero-order valence-electron chi connectivity index (χ0n) is 32.0. The molecule has 10 heteroatoms. The average Bonchev–Trinajstić information content (AvgIpc) is 3.20. The largest absolute Gasteiger partial charge is 0.497 e. The number of likely N-dealkylation sites (N-methyl/N-ethyl adjacent to an activating group) is 2. The van der Waals surface area contributed by atoms with Crippen LogP contribution in [0.25, 0.3) is 0 Å². The van der Waals surface area contributed by atoms with Crippen LogP contribution >= 0.6 is 0 Å². The van der Waals surface area contributed by atoms with Gasteiger partial charge in [0.05, 0.1) is 33.5 Å². The molecule has 55 heavy (non-hydrogen) atoms. The quantitative estimate of drug-likeness (QED) is 0.180. The Morgan fingerprint density at radius 3 is 2.18 bits per heavy atom. The van der Waals surface area contributed by atoms with E-state index in [0.29, 0.717) is 69.9 Å². The zero-order valence-corrected chi connectivity index (χ0v) is 32.0. The minimum atomic E-state index is -0.269. The number of hydrogen-bond donors (Lipinski definition) is 2. The predicted octanol–water partition coefficient (Wildman–Crippen LogP) is 7.90. The summed E-state index contributed by atoms with van der Waals surface area (Å²) in [7, 11) is 9.19. The van der Waals surface area contributed by atoms with Crippen molar-refractivity contribution in [1.29, 1.82) is 0 Å². The number of rotatable bonds is 6. The Labute approximate surface area is 322 Å². The first kappa shape index (κ1) is 36.4. The lowest BCUT2D eigenvalue weighted by Crippen LogP contribution is -2.34. The van der Waals surface area contributed by atoms with E-state index in [0.717, 1.165) is 53.7 Å². The Morgan fingerprint density at radius 1 is 0.764 bits per heavy atom. The van der Waals surface area contributed by atoms with Crippen molar-refractivity contribution in [2.45, 2.75) is 44.4 Å². The number of ether oxygens (including phenoxy) is 5. The Hall–Kier alpha value is -5.55. The average molecular weight is 742 g/mol. The monoisotopic (exact) mass is 741 g/mol. The maximum absolute atomic E-state index is 13.8. The molecule has 9 rings (SSSR count). The molecular formula is C45H47N3O7. The Balaban J connectivity index is 1.27.